The van der Waals surface area contributed by atoms with E-state index < -0.39 is 0 Å². The number of benzene rings is 2. The zero-order valence-electron chi connectivity index (χ0n) is 16.5. The van der Waals surface area contributed by atoms with E-state index in [1.165, 1.54) is 0 Å². The summed E-state index contributed by atoms with van der Waals surface area (Å²) in [4.78, 5) is 14.7. The van der Waals surface area contributed by atoms with Crippen molar-refractivity contribution >= 4 is 29.1 Å². The van der Waals surface area contributed by atoms with Crippen LogP contribution in [0.1, 0.15) is 18.4 Å². The summed E-state index contributed by atoms with van der Waals surface area (Å²) in [6.45, 7) is 3.38. The van der Waals surface area contributed by atoms with E-state index in [1.54, 1.807) is 13.2 Å². The van der Waals surface area contributed by atoms with Gasteiger partial charge in [0.05, 0.1) is 23.7 Å². The molecule has 2 aromatic rings. The van der Waals surface area contributed by atoms with Gasteiger partial charge in [-0.2, -0.15) is 0 Å². The van der Waals surface area contributed by atoms with Gasteiger partial charge < -0.3 is 14.8 Å². The first-order valence-corrected chi connectivity index (χ1v) is 10.5. The minimum Gasteiger partial charge on any atom is -0.497 e. The third-order valence-corrected chi connectivity index (χ3v) is 5.95. The van der Waals surface area contributed by atoms with Crippen LogP contribution >= 0.6 is 23.2 Å². The number of ether oxygens (including phenoxy) is 2. The predicted molar refractivity (Wildman–Crippen MR) is 116 cm³/mol. The van der Waals surface area contributed by atoms with Crippen molar-refractivity contribution in [2.24, 2.45) is 5.92 Å². The summed E-state index contributed by atoms with van der Waals surface area (Å²) in [5.41, 5.74) is 1.02. The molecule has 0 saturated carbocycles. The number of carbonyl (C=O) groups excluding carboxylic acids is 1. The van der Waals surface area contributed by atoms with Crippen molar-refractivity contribution in [2.45, 2.75) is 19.4 Å². The third-order valence-electron chi connectivity index (χ3n) is 5.10. The summed E-state index contributed by atoms with van der Waals surface area (Å²) in [6, 6.07) is 13.1. The smallest absolute Gasteiger partial charge is 0.223 e. The molecule has 5 nitrogen and oxygen atoms in total. The summed E-state index contributed by atoms with van der Waals surface area (Å²) in [5, 5.41) is 4.17. The van der Waals surface area contributed by atoms with Crippen molar-refractivity contribution in [3.05, 3.63) is 58.1 Å². The largest absolute Gasteiger partial charge is 0.497 e. The average molecular weight is 437 g/mol. The van der Waals surface area contributed by atoms with Crippen LogP contribution in [0.4, 0.5) is 0 Å². The zero-order chi connectivity index (χ0) is 20.6. The number of amides is 1. The second-order valence-electron chi connectivity index (χ2n) is 7.08. The van der Waals surface area contributed by atoms with E-state index in [9.17, 15) is 4.79 Å². The maximum absolute atomic E-state index is 12.4. The number of hydrogen-bond acceptors (Lipinski definition) is 4. The Morgan fingerprint density at radius 2 is 1.86 bits per heavy atom. The molecule has 3 rings (SSSR count). The number of piperidine rings is 1. The van der Waals surface area contributed by atoms with Gasteiger partial charge in [-0.05, 0) is 49.7 Å². The van der Waals surface area contributed by atoms with Crippen LogP contribution in [-0.4, -0.2) is 44.2 Å². The van der Waals surface area contributed by atoms with Gasteiger partial charge in [0.25, 0.3) is 0 Å². The molecule has 0 aromatic heterocycles. The van der Waals surface area contributed by atoms with E-state index in [0.717, 1.165) is 49.5 Å². The fourth-order valence-corrected chi connectivity index (χ4v) is 3.82. The molecule has 1 aliphatic rings. The molecule has 1 fully saturated rings. The van der Waals surface area contributed by atoms with Crippen molar-refractivity contribution in [3.8, 4) is 11.5 Å². The van der Waals surface area contributed by atoms with Gasteiger partial charge in [-0.15, -0.1) is 0 Å². The molecule has 1 amide bonds. The molecule has 0 atom stereocenters. The number of likely N-dealkylation sites (tertiary alicyclic amines) is 1. The lowest BCUT2D eigenvalue weighted by atomic mass is 9.95. The molecule has 0 bridgehead atoms. The maximum atomic E-state index is 12.4. The molecule has 7 heteroatoms. The van der Waals surface area contributed by atoms with E-state index >= 15 is 0 Å². The fourth-order valence-electron chi connectivity index (χ4n) is 3.44. The highest BCUT2D eigenvalue weighted by Gasteiger charge is 2.25. The Morgan fingerprint density at radius 3 is 2.62 bits per heavy atom. The van der Waals surface area contributed by atoms with E-state index in [-0.39, 0.29) is 11.8 Å². The molecule has 1 heterocycles. The second kappa shape index (κ2) is 10.7. The Balaban J connectivity index is 1.37. The topological polar surface area (TPSA) is 50.8 Å². The Kier molecular flexibility index (Phi) is 8.04. The average Bonchev–Trinajstić information content (AvgIpc) is 2.75. The van der Waals surface area contributed by atoms with Crippen molar-refractivity contribution in [1.82, 2.24) is 10.2 Å². The lowest BCUT2D eigenvalue weighted by molar-refractivity contribution is -0.126. The van der Waals surface area contributed by atoms with Crippen molar-refractivity contribution < 1.29 is 14.3 Å². The normalized spacial score (nSPS) is 15.1. The van der Waals surface area contributed by atoms with Crippen molar-refractivity contribution in [2.75, 3.05) is 33.4 Å². The van der Waals surface area contributed by atoms with E-state index in [2.05, 4.69) is 10.2 Å². The summed E-state index contributed by atoms with van der Waals surface area (Å²) >= 11 is 12.4. The van der Waals surface area contributed by atoms with Crippen LogP contribution in [0, 0.1) is 5.92 Å². The first-order valence-electron chi connectivity index (χ1n) is 9.76. The Bertz CT molecular complexity index is 823. The summed E-state index contributed by atoms with van der Waals surface area (Å²) < 4.78 is 10.8. The Hall–Kier alpha value is -1.95. The standard InChI is InChI=1S/C22H26Cl2N2O3/c1-28-18-5-3-6-19(14-18)29-13-10-25-22(27)16-8-11-26(12-9-16)15-17-4-2-7-20(23)21(17)24/h2-7,14,16H,8-13,15H2,1H3,(H,25,27). The van der Waals surface area contributed by atoms with Crippen LogP contribution in [0.15, 0.2) is 42.5 Å². The predicted octanol–water partition coefficient (Wildman–Crippen LogP) is 4.41. The summed E-state index contributed by atoms with van der Waals surface area (Å²) in [5.74, 6) is 1.61. The molecule has 0 aliphatic carbocycles. The number of rotatable bonds is 8. The van der Waals surface area contributed by atoms with E-state index in [4.69, 9.17) is 32.7 Å². The van der Waals surface area contributed by atoms with Gasteiger partial charge in [0, 0.05) is 18.5 Å². The fraction of sp³-hybridized carbons (Fsp3) is 0.409. The highest BCUT2D eigenvalue weighted by Crippen LogP contribution is 2.28. The SMILES string of the molecule is COc1cccc(OCCNC(=O)C2CCN(Cc3cccc(Cl)c3Cl)CC2)c1. The zero-order valence-corrected chi connectivity index (χ0v) is 18.0. The van der Waals surface area contributed by atoms with Crippen LogP contribution in [0.25, 0.3) is 0 Å². The van der Waals surface area contributed by atoms with Crippen LogP contribution < -0.4 is 14.8 Å². The van der Waals surface area contributed by atoms with Crippen molar-refractivity contribution in [3.63, 3.8) is 0 Å². The molecule has 1 saturated heterocycles. The number of halogens is 2. The van der Waals surface area contributed by atoms with Crippen LogP contribution in [0.5, 0.6) is 11.5 Å². The van der Waals surface area contributed by atoms with E-state index in [0.29, 0.717) is 23.2 Å². The minimum atomic E-state index is 0.0397. The molecule has 156 valence electrons. The molecule has 1 N–H and O–H groups in total. The molecular weight excluding hydrogens is 411 g/mol. The summed E-state index contributed by atoms with van der Waals surface area (Å²) in [6.07, 6.45) is 1.67. The second-order valence-corrected chi connectivity index (χ2v) is 7.87. The van der Waals surface area contributed by atoms with Gasteiger partial charge in [0.2, 0.25) is 5.91 Å². The van der Waals surface area contributed by atoms with Crippen molar-refractivity contribution in [1.29, 1.82) is 0 Å². The van der Waals surface area contributed by atoms with Crippen LogP contribution in [0.3, 0.4) is 0 Å². The van der Waals surface area contributed by atoms with Gasteiger partial charge in [-0.1, -0.05) is 41.4 Å². The van der Waals surface area contributed by atoms with Crippen LogP contribution in [-0.2, 0) is 11.3 Å². The maximum Gasteiger partial charge on any atom is 0.223 e. The molecule has 2 aromatic carbocycles. The molecule has 29 heavy (non-hydrogen) atoms. The first kappa shape index (κ1) is 21.8. The lowest BCUT2D eigenvalue weighted by Crippen LogP contribution is -2.41. The highest BCUT2D eigenvalue weighted by molar-refractivity contribution is 6.42. The molecule has 0 radical (unpaired) electrons. The van der Waals surface area contributed by atoms with Gasteiger partial charge >= 0.3 is 0 Å². The number of carbonyl (C=O) groups is 1. The number of hydrogen-bond donors (Lipinski definition) is 1. The quantitative estimate of drug-likeness (QED) is 0.622. The summed E-state index contributed by atoms with van der Waals surface area (Å²) in [7, 11) is 1.62. The van der Waals surface area contributed by atoms with Crippen LogP contribution in [0.2, 0.25) is 10.0 Å². The monoisotopic (exact) mass is 436 g/mol. The van der Waals surface area contributed by atoms with E-state index in [1.807, 2.05) is 36.4 Å². The molecule has 0 unspecified atom stereocenters. The highest BCUT2D eigenvalue weighted by atomic mass is 35.5. The molecule has 0 spiro atoms. The number of methoxy groups -OCH3 is 1. The lowest BCUT2D eigenvalue weighted by Gasteiger charge is -2.31. The number of nitrogens with zero attached hydrogens (tertiary/aromatic N) is 1. The van der Waals surface area contributed by atoms with Gasteiger partial charge in [0.15, 0.2) is 0 Å². The van der Waals surface area contributed by atoms with Gasteiger partial charge in [0.1, 0.15) is 18.1 Å². The first-order chi connectivity index (χ1) is 14.1. The molecule has 1 aliphatic heterocycles. The Morgan fingerprint density at radius 1 is 1.14 bits per heavy atom. The number of nitrogens with one attached hydrogen (secondary N) is 1. The van der Waals surface area contributed by atoms with Gasteiger partial charge in [-0.25, -0.2) is 0 Å². The molecular formula is C22H26Cl2N2O3. The van der Waals surface area contributed by atoms with Gasteiger partial charge in [-0.3, -0.25) is 9.69 Å². The Labute approximate surface area is 181 Å². The third kappa shape index (κ3) is 6.26. The minimum absolute atomic E-state index is 0.0397.